The second kappa shape index (κ2) is 6.53. The van der Waals surface area contributed by atoms with Crippen LogP contribution < -0.4 is 0 Å². The molecule has 1 saturated carbocycles. The van der Waals surface area contributed by atoms with Gasteiger partial charge in [-0.1, -0.05) is 0 Å². The number of aliphatic hydroxyl groups is 1. The van der Waals surface area contributed by atoms with Crippen LogP contribution in [0.1, 0.15) is 29.6 Å². The maximum absolute atomic E-state index is 12.9. The molecule has 1 saturated heterocycles. The molecule has 0 spiro atoms. The topological polar surface area (TPSA) is 123 Å². The summed E-state index contributed by atoms with van der Waals surface area (Å²) in [5.41, 5.74) is -2.66. The van der Waals surface area contributed by atoms with Crippen LogP contribution in [0.5, 0.6) is 11.5 Å². The lowest BCUT2D eigenvalue weighted by atomic mass is 9.63. The van der Waals surface area contributed by atoms with Gasteiger partial charge in [0.05, 0.1) is 22.5 Å². The Labute approximate surface area is 150 Å². The number of aliphatic hydroxyl groups excluding tert-OH is 1. The number of carbonyl (C=O) groups excluding carboxylic acids is 2. The van der Waals surface area contributed by atoms with Crippen molar-refractivity contribution in [3.63, 3.8) is 0 Å². The van der Waals surface area contributed by atoms with E-state index in [1.807, 2.05) is 0 Å². The minimum absolute atomic E-state index is 0.0965. The fraction of sp³-hybridized carbons (Fsp3) is 0.556. The van der Waals surface area contributed by atoms with Gasteiger partial charge in [0.15, 0.2) is 12.1 Å². The van der Waals surface area contributed by atoms with Crippen molar-refractivity contribution in [2.24, 2.45) is 10.8 Å². The Morgan fingerprint density at radius 3 is 2.69 bits per heavy atom. The van der Waals surface area contributed by atoms with Gasteiger partial charge in [0, 0.05) is 20.6 Å². The maximum Gasteiger partial charge on any atom is 0.313 e. The highest BCUT2D eigenvalue weighted by Crippen LogP contribution is 2.62. The van der Waals surface area contributed by atoms with Gasteiger partial charge in [0.25, 0.3) is 0 Å². The lowest BCUT2D eigenvalue weighted by Gasteiger charge is -2.41. The third-order valence-electron chi connectivity index (χ3n) is 5.75. The smallest absolute Gasteiger partial charge is 0.313 e. The van der Waals surface area contributed by atoms with Crippen LogP contribution in [-0.4, -0.2) is 60.3 Å². The van der Waals surface area contributed by atoms with Gasteiger partial charge in [-0.05, 0) is 31.0 Å². The van der Waals surface area contributed by atoms with Crippen LogP contribution in [0.3, 0.4) is 0 Å². The third-order valence-corrected chi connectivity index (χ3v) is 5.75. The molecule has 1 aromatic rings. The van der Waals surface area contributed by atoms with Crippen molar-refractivity contribution < 1.29 is 39.1 Å². The van der Waals surface area contributed by atoms with Crippen LogP contribution in [-0.2, 0) is 19.0 Å². The summed E-state index contributed by atoms with van der Waals surface area (Å²) in [5, 5.41) is 30.2. The molecule has 1 aromatic carbocycles. The molecule has 3 N–H and O–H groups in total. The van der Waals surface area contributed by atoms with Crippen LogP contribution in [0.25, 0.3) is 0 Å². The van der Waals surface area contributed by atoms with Gasteiger partial charge in [-0.15, -0.1) is 0 Å². The first kappa shape index (κ1) is 18.6. The normalized spacial score (nSPS) is 30.5. The lowest BCUT2D eigenvalue weighted by molar-refractivity contribution is -0.224. The van der Waals surface area contributed by atoms with Crippen LogP contribution in [0.15, 0.2) is 18.2 Å². The Kier molecular flexibility index (Phi) is 4.68. The monoisotopic (exact) mass is 366 g/mol. The molecule has 0 unspecified atom stereocenters. The molecule has 0 radical (unpaired) electrons. The van der Waals surface area contributed by atoms with Gasteiger partial charge in [-0.2, -0.15) is 0 Å². The lowest BCUT2D eigenvalue weighted by Crippen LogP contribution is -2.54. The molecule has 142 valence electrons. The number of cyclic esters (lactones) is 1. The standard InChI is InChI=1S/C18H22O8/c1-24-16(25-2)18-9-26-15(23)17(18,6-5-14(18)22)8-13(21)11-7-10(19)3-4-12(11)20/h3-4,7,14,16,19-20,22H,5-6,8-9H2,1-2H3/t14-,17+,18-/m0/s1. The molecule has 8 nitrogen and oxygen atoms in total. The number of hydrogen-bond donors (Lipinski definition) is 3. The SMILES string of the molecule is COC(OC)[C@@]12COC(=O)[C@]1(CC(=O)c1cc(O)ccc1O)CC[C@@H]2O. The van der Waals surface area contributed by atoms with Crippen molar-refractivity contribution in [1.29, 1.82) is 0 Å². The number of carbonyl (C=O) groups is 2. The molecule has 0 amide bonds. The van der Waals surface area contributed by atoms with Gasteiger partial charge >= 0.3 is 5.97 Å². The summed E-state index contributed by atoms with van der Waals surface area (Å²) in [7, 11) is 2.79. The Bertz CT molecular complexity index is 728. The van der Waals surface area contributed by atoms with Crippen molar-refractivity contribution in [2.75, 3.05) is 20.8 Å². The summed E-state index contributed by atoms with van der Waals surface area (Å²) >= 11 is 0. The van der Waals surface area contributed by atoms with E-state index in [-0.39, 0.29) is 42.9 Å². The molecule has 3 atom stereocenters. The number of benzene rings is 1. The molecular formula is C18H22O8. The third kappa shape index (κ3) is 2.40. The molecule has 1 aliphatic carbocycles. The molecule has 2 aliphatic rings. The minimum Gasteiger partial charge on any atom is -0.508 e. The van der Waals surface area contributed by atoms with E-state index in [4.69, 9.17) is 14.2 Å². The number of methoxy groups -OCH3 is 2. The quantitative estimate of drug-likeness (QED) is 0.295. The fourth-order valence-corrected chi connectivity index (χ4v) is 4.45. The van der Waals surface area contributed by atoms with Crippen LogP contribution in [0.4, 0.5) is 0 Å². The highest BCUT2D eigenvalue weighted by Gasteiger charge is 2.73. The van der Waals surface area contributed by atoms with E-state index in [2.05, 4.69) is 0 Å². The number of fused-ring (bicyclic) bond motifs is 1. The fourth-order valence-electron chi connectivity index (χ4n) is 4.45. The maximum atomic E-state index is 12.9. The number of hydrogen-bond acceptors (Lipinski definition) is 8. The Morgan fingerprint density at radius 2 is 2.04 bits per heavy atom. The van der Waals surface area contributed by atoms with Crippen molar-refractivity contribution in [2.45, 2.75) is 31.7 Å². The number of ketones is 1. The Morgan fingerprint density at radius 1 is 1.35 bits per heavy atom. The highest BCUT2D eigenvalue weighted by atomic mass is 16.7. The first-order chi connectivity index (χ1) is 12.3. The zero-order chi connectivity index (χ0) is 19.1. The molecular weight excluding hydrogens is 344 g/mol. The Balaban J connectivity index is 2.04. The van der Waals surface area contributed by atoms with Gasteiger partial charge in [0.1, 0.15) is 18.1 Å². The number of esters is 1. The molecule has 1 heterocycles. The first-order valence-electron chi connectivity index (χ1n) is 8.28. The van der Waals surface area contributed by atoms with E-state index < -0.39 is 35.0 Å². The van der Waals surface area contributed by atoms with Gasteiger partial charge < -0.3 is 29.5 Å². The largest absolute Gasteiger partial charge is 0.508 e. The van der Waals surface area contributed by atoms with E-state index in [9.17, 15) is 24.9 Å². The van der Waals surface area contributed by atoms with Gasteiger partial charge in [0.2, 0.25) is 0 Å². The second-order valence-electron chi connectivity index (χ2n) is 6.86. The minimum atomic E-state index is -1.34. The van der Waals surface area contributed by atoms with Gasteiger partial charge in [-0.3, -0.25) is 9.59 Å². The summed E-state index contributed by atoms with van der Waals surface area (Å²) in [6.45, 7) is -0.126. The van der Waals surface area contributed by atoms with Crippen LogP contribution >= 0.6 is 0 Å². The Hall–Kier alpha value is -2.16. The molecule has 8 heteroatoms. The average Bonchev–Trinajstić information content (AvgIpc) is 3.05. The zero-order valence-corrected chi connectivity index (χ0v) is 14.6. The molecule has 2 fully saturated rings. The first-order valence-corrected chi connectivity index (χ1v) is 8.28. The van der Waals surface area contributed by atoms with Crippen molar-refractivity contribution in [1.82, 2.24) is 0 Å². The van der Waals surface area contributed by atoms with Crippen molar-refractivity contribution >= 4 is 11.8 Å². The molecule has 26 heavy (non-hydrogen) atoms. The van der Waals surface area contributed by atoms with E-state index in [0.717, 1.165) is 6.07 Å². The summed E-state index contributed by atoms with van der Waals surface area (Å²) in [5.74, 6) is -1.61. The number of Topliss-reactive ketones (excluding diaryl/α,β-unsaturated/α-hetero) is 1. The highest BCUT2D eigenvalue weighted by molar-refractivity contribution is 6.02. The summed E-state index contributed by atoms with van der Waals surface area (Å²) in [6, 6.07) is 3.60. The summed E-state index contributed by atoms with van der Waals surface area (Å²) in [6.07, 6.45) is -1.69. The molecule has 0 aromatic heterocycles. The molecule has 3 rings (SSSR count). The number of ether oxygens (including phenoxy) is 3. The average molecular weight is 366 g/mol. The predicted molar refractivity (Wildman–Crippen MR) is 87.6 cm³/mol. The van der Waals surface area contributed by atoms with Crippen LogP contribution in [0.2, 0.25) is 0 Å². The molecule has 1 aliphatic heterocycles. The summed E-state index contributed by atoms with van der Waals surface area (Å²) in [4.78, 5) is 25.5. The number of rotatable bonds is 6. The van der Waals surface area contributed by atoms with E-state index in [1.54, 1.807) is 0 Å². The number of phenols is 2. The van der Waals surface area contributed by atoms with Crippen LogP contribution in [0, 0.1) is 10.8 Å². The number of phenolic OH excluding ortho intramolecular Hbond substituents is 2. The van der Waals surface area contributed by atoms with E-state index in [0.29, 0.717) is 0 Å². The second-order valence-corrected chi connectivity index (χ2v) is 6.86. The summed E-state index contributed by atoms with van der Waals surface area (Å²) < 4.78 is 15.9. The van der Waals surface area contributed by atoms with Crippen molar-refractivity contribution in [3.05, 3.63) is 23.8 Å². The zero-order valence-electron chi connectivity index (χ0n) is 14.6. The number of aromatic hydroxyl groups is 2. The molecule has 0 bridgehead atoms. The van der Waals surface area contributed by atoms with E-state index in [1.165, 1.54) is 26.4 Å². The van der Waals surface area contributed by atoms with Gasteiger partial charge in [-0.25, -0.2) is 0 Å². The predicted octanol–water partition coefficient (Wildman–Crippen LogP) is 0.974. The van der Waals surface area contributed by atoms with E-state index >= 15 is 0 Å². The van der Waals surface area contributed by atoms with Crippen molar-refractivity contribution in [3.8, 4) is 11.5 Å².